The zero-order valence-electron chi connectivity index (χ0n) is 13.0. The minimum atomic E-state index is -3.03. The number of nitrogens with one attached hydrogen (secondary N) is 1. The van der Waals surface area contributed by atoms with E-state index in [0.29, 0.717) is 19.1 Å². The van der Waals surface area contributed by atoms with Crippen LogP contribution in [0.5, 0.6) is 0 Å². The van der Waals surface area contributed by atoms with Crippen molar-refractivity contribution in [2.75, 3.05) is 32.4 Å². The Morgan fingerprint density at radius 2 is 1.81 bits per heavy atom. The van der Waals surface area contributed by atoms with Crippen LogP contribution in [-0.2, 0) is 23.1 Å². The van der Waals surface area contributed by atoms with Gasteiger partial charge < -0.3 is 5.32 Å². The summed E-state index contributed by atoms with van der Waals surface area (Å²) in [4.78, 5) is 5.03. The smallest absolute Gasteiger partial charge is 0.211 e. The van der Waals surface area contributed by atoms with Crippen molar-refractivity contribution >= 4 is 21.4 Å². The van der Waals surface area contributed by atoms with Gasteiger partial charge in [0, 0.05) is 55.1 Å². The summed E-state index contributed by atoms with van der Waals surface area (Å²) in [5.74, 6) is 0. The van der Waals surface area contributed by atoms with E-state index in [4.69, 9.17) is 0 Å². The van der Waals surface area contributed by atoms with Crippen LogP contribution in [0.25, 0.3) is 0 Å². The molecule has 120 valence electrons. The highest BCUT2D eigenvalue weighted by Gasteiger charge is 2.23. The minimum Gasteiger partial charge on any atom is -0.310 e. The van der Waals surface area contributed by atoms with Crippen molar-refractivity contribution in [3.05, 3.63) is 21.9 Å². The highest BCUT2D eigenvalue weighted by molar-refractivity contribution is 7.88. The molecule has 0 unspecified atom stereocenters. The monoisotopic (exact) mass is 331 g/mol. The molecule has 7 heteroatoms. The quantitative estimate of drug-likeness (QED) is 0.854. The van der Waals surface area contributed by atoms with E-state index in [9.17, 15) is 8.42 Å². The Hall–Kier alpha value is -0.470. The number of hydrogen-bond acceptors (Lipinski definition) is 5. The number of hydrogen-bond donors (Lipinski definition) is 1. The average molecular weight is 332 g/mol. The van der Waals surface area contributed by atoms with Gasteiger partial charge in [0.25, 0.3) is 0 Å². The molecular formula is C14H25N3O2S2. The largest absolute Gasteiger partial charge is 0.310 e. The maximum atomic E-state index is 11.5. The number of thiophene rings is 1. The molecule has 5 nitrogen and oxygen atoms in total. The van der Waals surface area contributed by atoms with Crippen molar-refractivity contribution in [2.45, 2.75) is 33.0 Å². The summed E-state index contributed by atoms with van der Waals surface area (Å²) in [7, 11) is -3.03. The van der Waals surface area contributed by atoms with Crippen molar-refractivity contribution in [1.29, 1.82) is 0 Å². The van der Waals surface area contributed by atoms with Crippen LogP contribution in [0, 0.1) is 0 Å². The summed E-state index contributed by atoms with van der Waals surface area (Å²) in [6.45, 7) is 8.97. The van der Waals surface area contributed by atoms with Crippen LogP contribution in [0.4, 0.5) is 0 Å². The first-order valence-electron chi connectivity index (χ1n) is 7.33. The topological polar surface area (TPSA) is 52.6 Å². The van der Waals surface area contributed by atoms with E-state index in [1.54, 1.807) is 4.31 Å². The second-order valence-electron chi connectivity index (χ2n) is 5.84. The van der Waals surface area contributed by atoms with Crippen molar-refractivity contribution in [3.8, 4) is 0 Å². The van der Waals surface area contributed by atoms with Crippen LogP contribution in [0.1, 0.15) is 23.6 Å². The Morgan fingerprint density at radius 1 is 1.19 bits per heavy atom. The lowest BCUT2D eigenvalue weighted by Gasteiger charge is -2.32. The second kappa shape index (κ2) is 7.19. The summed E-state index contributed by atoms with van der Waals surface area (Å²) in [6, 6.07) is 4.87. The zero-order valence-corrected chi connectivity index (χ0v) is 14.6. The molecule has 1 aromatic heterocycles. The molecule has 0 atom stereocenters. The summed E-state index contributed by atoms with van der Waals surface area (Å²) in [5.41, 5.74) is 0. The van der Waals surface area contributed by atoms with Gasteiger partial charge in [-0.25, -0.2) is 8.42 Å². The van der Waals surface area contributed by atoms with E-state index in [1.807, 2.05) is 11.3 Å². The molecule has 0 amide bonds. The SMILES string of the molecule is CC(C)NCc1ccc(CN2CCN(S(C)(=O)=O)CC2)s1. The third kappa shape index (κ3) is 5.34. The Balaban J connectivity index is 1.81. The van der Waals surface area contributed by atoms with Gasteiger partial charge in [0.1, 0.15) is 0 Å². The van der Waals surface area contributed by atoms with Gasteiger partial charge >= 0.3 is 0 Å². The fourth-order valence-electron chi connectivity index (χ4n) is 2.35. The van der Waals surface area contributed by atoms with E-state index in [1.165, 1.54) is 16.0 Å². The predicted molar refractivity (Wildman–Crippen MR) is 88.0 cm³/mol. The summed E-state index contributed by atoms with van der Waals surface area (Å²) < 4.78 is 24.5. The fraction of sp³-hybridized carbons (Fsp3) is 0.714. The van der Waals surface area contributed by atoms with Crippen molar-refractivity contribution in [3.63, 3.8) is 0 Å². The molecule has 1 aromatic rings. The molecule has 0 saturated carbocycles. The lowest BCUT2D eigenvalue weighted by Crippen LogP contribution is -2.47. The van der Waals surface area contributed by atoms with E-state index in [2.05, 4.69) is 36.2 Å². The van der Waals surface area contributed by atoms with Crippen molar-refractivity contribution in [1.82, 2.24) is 14.5 Å². The molecule has 0 aliphatic carbocycles. The molecule has 0 aromatic carbocycles. The molecule has 1 N–H and O–H groups in total. The molecule has 0 spiro atoms. The van der Waals surface area contributed by atoms with E-state index in [0.717, 1.165) is 26.2 Å². The highest BCUT2D eigenvalue weighted by Crippen LogP contribution is 2.19. The molecular weight excluding hydrogens is 306 g/mol. The molecule has 2 rings (SSSR count). The maximum absolute atomic E-state index is 11.5. The average Bonchev–Trinajstić information content (AvgIpc) is 2.83. The molecule has 1 aliphatic rings. The third-order valence-electron chi connectivity index (χ3n) is 3.58. The van der Waals surface area contributed by atoms with Gasteiger partial charge in [-0.15, -0.1) is 11.3 Å². The van der Waals surface area contributed by atoms with Crippen LogP contribution < -0.4 is 5.32 Å². The fourth-order valence-corrected chi connectivity index (χ4v) is 4.18. The van der Waals surface area contributed by atoms with Gasteiger partial charge in [-0.3, -0.25) is 4.90 Å². The highest BCUT2D eigenvalue weighted by atomic mass is 32.2. The first-order valence-corrected chi connectivity index (χ1v) is 9.99. The number of rotatable bonds is 6. The van der Waals surface area contributed by atoms with Crippen LogP contribution >= 0.6 is 11.3 Å². The summed E-state index contributed by atoms with van der Waals surface area (Å²) >= 11 is 1.84. The molecule has 0 radical (unpaired) electrons. The number of sulfonamides is 1. The zero-order chi connectivity index (χ0) is 15.5. The Morgan fingerprint density at radius 3 is 2.38 bits per heavy atom. The van der Waals surface area contributed by atoms with Crippen molar-refractivity contribution in [2.24, 2.45) is 0 Å². The van der Waals surface area contributed by atoms with Crippen LogP contribution in [0.15, 0.2) is 12.1 Å². The Bertz CT molecular complexity index is 546. The molecule has 0 bridgehead atoms. The molecule has 1 aliphatic heterocycles. The minimum absolute atomic E-state index is 0.500. The van der Waals surface area contributed by atoms with Crippen molar-refractivity contribution < 1.29 is 8.42 Å². The van der Waals surface area contributed by atoms with Gasteiger partial charge in [-0.2, -0.15) is 4.31 Å². The predicted octanol–water partition coefficient (Wildman–Crippen LogP) is 1.32. The number of piperazine rings is 1. The van der Waals surface area contributed by atoms with E-state index in [-0.39, 0.29) is 0 Å². The van der Waals surface area contributed by atoms with E-state index >= 15 is 0 Å². The van der Waals surface area contributed by atoms with Crippen LogP contribution in [0.3, 0.4) is 0 Å². The summed E-state index contributed by atoms with van der Waals surface area (Å²) in [6.07, 6.45) is 1.29. The lowest BCUT2D eigenvalue weighted by molar-refractivity contribution is 0.183. The molecule has 1 saturated heterocycles. The molecule has 1 fully saturated rings. The Kier molecular flexibility index (Phi) is 5.79. The molecule has 21 heavy (non-hydrogen) atoms. The third-order valence-corrected chi connectivity index (χ3v) is 5.95. The van der Waals surface area contributed by atoms with E-state index < -0.39 is 10.0 Å². The summed E-state index contributed by atoms with van der Waals surface area (Å²) in [5, 5.41) is 3.42. The van der Waals surface area contributed by atoms with Gasteiger partial charge in [-0.1, -0.05) is 13.8 Å². The standard InChI is InChI=1S/C14H25N3O2S2/c1-12(2)15-10-13-4-5-14(20-13)11-16-6-8-17(9-7-16)21(3,18)19/h4-5,12,15H,6-11H2,1-3H3. The first kappa shape index (κ1) is 16.9. The van der Waals surface area contributed by atoms with Gasteiger partial charge in [0.15, 0.2) is 0 Å². The van der Waals surface area contributed by atoms with Gasteiger partial charge in [0.2, 0.25) is 10.0 Å². The normalized spacial score (nSPS) is 18.5. The number of nitrogens with zero attached hydrogens (tertiary/aromatic N) is 2. The Labute approximate surface area is 132 Å². The van der Waals surface area contributed by atoms with Gasteiger partial charge in [-0.05, 0) is 12.1 Å². The lowest BCUT2D eigenvalue weighted by atomic mass is 10.3. The van der Waals surface area contributed by atoms with Gasteiger partial charge in [0.05, 0.1) is 6.26 Å². The maximum Gasteiger partial charge on any atom is 0.211 e. The molecule has 2 heterocycles. The van der Waals surface area contributed by atoms with Crippen LogP contribution in [-0.4, -0.2) is 56.1 Å². The second-order valence-corrected chi connectivity index (χ2v) is 9.08. The first-order chi connectivity index (χ1) is 9.84. The van der Waals surface area contributed by atoms with Crippen LogP contribution in [0.2, 0.25) is 0 Å².